The van der Waals surface area contributed by atoms with Crippen molar-refractivity contribution in [3.05, 3.63) is 107 Å². The van der Waals surface area contributed by atoms with E-state index in [1.165, 1.54) is 24.1 Å². The number of nitrogens with one attached hydrogen (secondary N) is 3. The van der Waals surface area contributed by atoms with Gasteiger partial charge in [0, 0.05) is 30.2 Å². The van der Waals surface area contributed by atoms with Gasteiger partial charge in [-0.1, -0.05) is 69.0 Å². The number of allylic oxidation sites excluding steroid dienone is 4. The van der Waals surface area contributed by atoms with Crippen molar-refractivity contribution in [3.63, 3.8) is 0 Å². The second-order valence-electron chi connectivity index (χ2n) is 10.5. The molecule has 8 nitrogen and oxygen atoms in total. The molecule has 2 amide bonds. The zero-order valence-electron chi connectivity index (χ0n) is 24.7. The third-order valence-corrected chi connectivity index (χ3v) is 6.93. The van der Waals surface area contributed by atoms with Crippen LogP contribution in [-0.4, -0.2) is 59.6 Å². The van der Waals surface area contributed by atoms with Gasteiger partial charge in [0.15, 0.2) is 0 Å². The summed E-state index contributed by atoms with van der Waals surface area (Å²) in [6.07, 6.45) is 4.91. The lowest BCUT2D eigenvalue weighted by molar-refractivity contribution is -0.126. The molecule has 2 unspecified atom stereocenters. The van der Waals surface area contributed by atoms with E-state index in [4.69, 9.17) is 5.73 Å². The van der Waals surface area contributed by atoms with Crippen LogP contribution in [0.25, 0.3) is 0 Å². The lowest BCUT2D eigenvalue weighted by Gasteiger charge is -2.30. The molecule has 0 saturated carbocycles. The molecule has 0 aliphatic heterocycles. The number of carbonyl (C=O) groups excluding carboxylic acids is 2. The second-order valence-corrected chi connectivity index (χ2v) is 11.6. The van der Waals surface area contributed by atoms with E-state index in [0.29, 0.717) is 36.7 Å². The summed E-state index contributed by atoms with van der Waals surface area (Å²) in [5.74, 6) is -0.800. The van der Waals surface area contributed by atoms with Crippen molar-refractivity contribution >= 4 is 23.8 Å². The summed E-state index contributed by atoms with van der Waals surface area (Å²) in [7, 11) is 0. The maximum atomic E-state index is 13.3. The summed E-state index contributed by atoms with van der Waals surface area (Å²) in [6.45, 7) is 10.8. The number of hydrogen-bond donors (Lipinski definition) is 5. The number of nitrogens with two attached hydrogens (primary N) is 1. The molecule has 228 valence electrons. The topological polar surface area (TPSA) is 120 Å². The average Bonchev–Trinajstić information content (AvgIpc) is 2.91. The van der Waals surface area contributed by atoms with Crippen molar-refractivity contribution in [3.8, 4) is 0 Å². The van der Waals surface area contributed by atoms with Gasteiger partial charge in [0.05, 0.1) is 25.2 Å². The van der Waals surface area contributed by atoms with E-state index < -0.39 is 18.1 Å². The van der Waals surface area contributed by atoms with Gasteiger partial charge in [-0.25, -0.2) is 8.70 Å². The van der Waals surface area contributed by atoms with Gasteiger partial charge in [0.1, 0.15) is 5.82 Å². The first-order valence-electron chi connectivity index (χ1n) is 14.0. The summed E-state index contributed by atoms with van der Waals surface area (Å²) >= 11 is 1.47. The number of aliphatic hydroxyl groups excluding tert-OH is 1. The Labute approximate surface area is 253 Å². The number of benzene rings is 2. The summed E-state index contributed by atoms with van der Waals surface area (Å²) in [6, 6.07) is 15.1. The van der Waals surface area contributed by atoms with Gasteiger partial charge in [-0.15, -0.1) is 0 Å². The highest BCUT2D eigenvalue weighted by Crippen LogP contribution is 2.25. The fourth-order valence-electron chi connectivity index (χ4n) is 4.10. The van der Waals surface area contributed by atoms with Crippen LogP contribution in [0.4, 0.5) is 4.39 Å². The maximum absolute atomic E-state index is 13.3. The fraction of sp³-hybridized carbons (Fsp3) is 0.375. The largest absolute Gasteiger partial charge is 0.402 e. The van der Waals surface area contributed by atoms with Crippen molar-refractivity contribution in [1.82, 2.24) is 20.3 Å². The predicted octanol–water partition coefficient (Wildman–Crippen LogP) is 3.66. The molecule has 2 aromatic rings. The number of halogens is 1. The molecule has 0 saturated heterocycles. The Bertz CT molecular complexity index is 1200. The number of nitrogens with zero attached hydrogens (tertiary/aromatic N) is 1. The van der Waals surface area contributed by atoms with Crippen molar-refractivity contribution in [2.75, 3.05) is 26.2 Å². The summed E-state index contributed by atoms with van der Waals surface area (Å²) < 4.78 is 15.4. The van der Waals surface area contributed by atoms with Crippen molar-refractivity contribution in [1.29, 1.82) is 0 Å². The van der Waals surface area contributed by atoms with Crippen molar-refractivity contribution in [2.24, 2.45) is 11.7 Å². The molecular weight excluding hydrogens is 553 g/mol. The third kappa shape index (κ3) is 14.5. The second kappa shape index (κ2) is 18.9. The molecule has 42 heavy (non-hydrogen) atoms. The zero-order valence-corrected chi connectivity index (χ0v) is 25.5. The smallest absolute Gasteiger partial charge is 0.239 e. The van der Waals surface area contributed by atoms with E-state index in [2.05, 4.69) is 40.7 Å². The van der Waals surface area contributed by atoms with Crippen LogP contribution in [0.5, 0.6) is 0 Å². The first-order valence-corrected chi connectivity index (χ1v) is 14.8. The average molecular weight is 598 g/mol. The normalized spacial score (nSPS) is 13.6. The fourth-order valence-corrected chi connectivity index (χ4v) is 5.40. The molecule has 0 radical (unpaired) electrons. The van der Waals surface area contributed by atoms with Crippen LogP contribution in [-0.2, 0) is 22.6 Å². The molecule has 2 rings (SSSR count). The molecule has 0 bridgehead atoms. The first kappa shape index (κ1) is 34.8. The van der Waals surface area contributed by atoms with E-state index in [0.717, 1.165) is 10.5 Å². The molecule has 0 heterocycles. The maximum Gasteiger partial charge on any atom is 0.239 e. The van der Waals surface area contributed by atoms with E-state index in [1.54, 1.807) is 18.2 Å². The minimum Gasteiger partial charge on any atom is -0.402 e. The van der Waals surface area contributed by atoms with Crippen LogP contribution in [0.3, 0.4) is 0 Å². The highest BCUT2D eigenvalue weighted by atomic mass is 32.2. The lowest BCUT2D eigenvalue weighted by atomic mass is 10.0. The Morgan fingerprint density at radius 3 is 2.43 bits per heavy atom. The Balaban J connectivity index is 2.02. The van der Waals surface area contributed by atoms with Crippen LogP contribution >= 0.6 is 11.9 Å². The number of rotatable bonds is 18. The van der Waals surface area contributed by atoms with Gasteiger partial charge in [-0.05, 0) is 66.6 Å². The molecule has 2 aromatic carbocycles. The zero-order chi connectivity index (χ0) is 30.9. The molecule has 0 aliphatic rings. The quantitative estimate of drug-likeness (QED) is 0.131. The molecule has 6 N–H and O–H groups in total. The Morgan fingerprint density at radius 2 is 1.79 bits per heavy atom. The van der Waals surface area contributed by atoms with Gasteiger partial charge < -0.3 is 26.8 Å². The first-order chi connectivity index (χ1) is 20.0. The van der Waals surface area contributed by atoms with Gasteiger partial charge in [0.25, 0.3) is 0 Å². The number of carbonyl (C=O) groups is 2. The van der Waals surface area contributed by atoms with E-state index in [-0.39, 0.29) is 31.4 Å². The van der Waals surface area contributed by atoms with Gasteiger partial charge in [-0.2, -0.15) is 0 Å². The van der Waals surface area contributed by atoms with Gasteiger partial charge in [-0.3, -0.25) is 9.59 Å². The van der Waals surface area contributed by atoms with Crippen molar-refractivity contribution < 1.29 is 19.1 Å². The van der Waals surface area contributed by atoms with Crippen LogP contribution < -0.4 is 21.7 Å². The summed E-state index contributed by atoms with van der Waals surface area (Å²) in [4.78, 5) is 26.0. The van der Waals surface area contributed by atoms with E-state index in [9.17, 15) is 19.1 Å². The molecular formula is C32H44FN5O3S. The molecule has 10 heteroatoms. The summed E-state index contributed by atoms with van der Waals surface area (Å²) in [5, 5.41) is 19.8. The summed E-state index contributed by atoms with van der Waals surface area (Å²) in [5.41, 5.74) is 8.24. The third-order valence-electron chi connectivity index (χ3n) is 5.91. The molecule has 0 spiro atoms. The minimum atomic E-state index is -0.906. The van der Waals surface area contributed by atoms with Crippen molar-refractivity contribution in [2.45, 2.75) is 45.9 Å². The van der Waals surface area contributed by atoms with E-state index in [1.807, 2.05) is 49.4 Å². The Hall–Kier alpha value is -3.44. The minimum absolute atomic E-state index is 0.0292. The molecule has 0 fully saturated rings. The molecule has 2 atom stereocenters. The standard InChI is InChI=1S/C32H44FN5O3S/c1-5-10-28(15-24(4)34)42-38(21-23(2)3)22-30(39)29(17-25-11-7-6-8-12-25)37-32(41)20-36-31(40)19-35-18-26-13-9-14-27(33)16-26/h5-16,23,29-30,35,39H,1,17-22,34H2,2-4H3,(H,36,40)(H,37,41)/b24-15+,28-10+. The highest BCUT2D eigenvalue weighted by Gasteiger charge is 2.25. The van der Waals surface area contributed by atoms with Crippen LogP contribution in [0, 0.1) is 11.7 Å². The van der Waals surface area contributed by atoms with Crippen LogP contribution in [0.15, 0.2) is 90.0 Å². The lowest BCUT2D eigenvalue weighted by Crippen LogP contribution is -2.51. The van der Waals surface area contributed by atoms with Crippen LogP contribution in [0.1, 0.15) is 31.9 Å². The molecule has 0 aliphatic carbocycles. The number of aliphatic hydroxyl groups is 1. The van der Waals surface area contributed by atoms with Gasteiger partial charge in [0.2, 0.25) is 11.8 Å². The number of amides is 2. The number of hydrogen-bond acceptors (Lipinski definition) is 7. The monoisotopic (exact) mass is 597 g/mol. The Kier molecular flexibility index (Phi) is 15.6. The van der Waals surface area contributed by atoms with Gasteiger partial charge >= 0.3 is 0 Å². The predicted molar refractivity (Wildman–Crippen MR) is 169 cm³/mol. The van der Waals surface area contributed by atoms with E-state index >= 15 is 0 Å². The molecule has 0 aromatic heterocycles. The SMILES string of the molecule is C=C/C=C(\C=C(/C)N)SN(CC(C)C)CC(O)C(Cc1ccccc1)NC(=O)CNC(=O)CNCc1cccc(F)c1. The van der Waals surface area contributed by atoms with Crippen LogP contribution in [0.2, 0.25) is 0 Å². The Morgan fingerprint density at radius 1 is 1.07 bits per heavy atom. The highest BCUT2D eigenvalue weighted by molar-refractivity contribution is 8.01.